The lowest BCUT2D eigenvalue weighted by molar-refractivity contribution is 0.0702. The van der Waals surface area contributed by atoms with Crippen molar-refractivity contribution >= 4 is 17.5 Å². The zero-order chi connectivity index (χ0) is 26.4. The van der Waals surface area contributed by atoms with E-state index in [-0.39, 0.29) is 24.5 Å². The number of anilines is 2. The number of nitrogens with one attached hydrogen (secondary N) is 1. The largest absolute Gasteiger partial charge is 0.396 e. The van der Waals surface area contributed by atoms with Crippen LogP contribution in [0.2, 0.25) is 0 Å². The second-order valence-corrected chi connectivity index (χ2v) is 9.43. The summed E-state index contributed by atoms with van der Waals surface area (Å²) in [6, 6.07) is 13.4. The van der Waals surface area contributed by atoms with Crippen molar-refractivity contribution in [3.8, 4) is 23.4 Å². The summed E-state index contributed by atoms with van der Waals surface area (Å²) >= 11 is 0. The van der Waals surface area contributed by atoms with Crippen molar-refractivity contribution in [2.75, 3.05) is 19.0 Å². The van der Waals surface area contributed by atoms with Gasteiger partial charge >= 0.3 is 0 Å². The van der Waals surface area contributed by atoms with E-state index in [9.17, 15) is 20.4 Å². The van der Waals surface area contributed by atoms with Crippen molar-refractivity contribution in [3.05, 3.63) is 54.5 Å². The number of nitrogens with zero attached hydrogens (tertiary/aromatic N) is 7. The topological polar surface area (TPSA) is 144 Å². The first-order valence-electron chi connectivity index (χ1n) is 12.3. The van der Waals surface area contributed by atoms with Gasteiger partial charge in [0.15, 0.2) is 0 Å². The fourth-order valence-electron chi connectivity index (χ4n) is 4.82. The Morgan fingerprint density at radius 1 is 1.30 bits per heavy atom. The normalized spacial score (nSPS) is 19.2. The Bertz CT molecular complexity index is 1320. The van der Waals surface area contributed by atoms with Gasteiger partial charge in [-0.1, -0.05) is 6.92 Å². The highest BCUT2D eigenvalue weighted by molar-refractivity contribution is 5.94. The Morgan fingerprint density at radius 3 is 2.70 bits per heavy atom. The summed E-state index contributed by atoms with van der Waals surface area (Å²) in [5.41, 5.74) is 2.33. The van der Waals surface area contributed by atoms with E-state index in [0.29, 0.717) is 42.9 Å². The number of hydrogen-bond donors (Lipinski definition) is 2. The Labute approximate surface area is 216 Å². The van der Waals surface area contributed by atoms with E-state index >= 15 is 0 Å². The highest BCUT2D eigenvalue weighted by Crippen LogP contribution is 2.46. The van der Waals surface area contributed by atoms with Gasteiger partial charge in [0.05, 0.1) is 41.9 Å². The number of rotatable bonds is 10. The van der Waals surface area contributed by atoms with Crippen LogP contribution in [0.1, 0.15) is 49.4 Å². The molecule has 0 radical (unpaired) electrons. The fourth-order valence-corrected chi connectivity index (χ4v) is 4.82. The number of benzene rings is 1. The van der Waals surface area contributed by atoms with Crippen LogP contribution in [0, 0.1) is 28.6 Å². The molecule has 0 aliphatic heterocycles. The lowest BCUT2D eigenvalue weighted by atomic mass is 9.67. The minimum absolute atomic E-state index is 0.0114. The van der Waals surface area contributed by atoms with Crippen molar-refractivity contribution in [2.24, 2.45) is 5.92 Å². The maximum absolute atomic E-state index is 12.8. The van der Waals surface area contributed by atoms with E-state index in [1.54, 1.807) is 59.4 Å². The summed E-state index contributed by atoms with van der Waals surface area (Å²) in [6.45, 7) is 2.04. The molecular weight excluding hydrogens is 468 g/mol. The van der Waals surface area contributed by atoms with Crippen LogP contribution in [0.5, 0.6) is 0 Å². The summed E-state index contributed by atoms with van der Waals surface area (Å²) in [4.78, 5) is 23.4. The zero-order valence-corrected chi connectivity index (χ0v) is 21.0. The number of aliphatic hydroxyl groups is 1. The van der Waals surface area contributed by atoms with Crippen molar-refractivity contribution in [2.45, 2.75) is 50.6 Å². The van der Waals surface area contributed by atoms with Gasteiger partial charge in [-0.25, -0.2) is 9.97 Å². The van der Waals surface area contributed by atoms with Crippen LogP contribution in [-0.2, 0) is 5.54 Å². The van der Waals surface area contributed by atoms with Gasteiger partial charge in [0.2, 0.25) is 5.95 Å². The van der Waals surface area contributed by atoms with Crippen molar-refractivity contribution in [1.82, 2.24) is 24.6 Å². The van der Waals surface area contributed by atoms with Crippen molar-refractivity contribution in [1.29, 1.82) is 10.5 Å². The van der Waals surface area contributed by atoms with Crippen LogP contribution < -0.4 is 5.32 Å². The number of carbonyl (C=O) groups excluding carboxylic acids is 1. The van der Waals surface area contributed by atoms with Crippen molar-refractivity contribution in [3.63, 3.8) is 0 Å². The van der Waals surface area contributed by atoms with Crippen LogP contribution >= 0.6 is 0 Å². The van der Waals surface area contributed by atoms with E-state index in [1.165, 1.54) is 0 Å². The molecule has 4 rings (SSSR count). The molecule has 2 aromatic heterocycles. The van der Waals surface area contributed by atoms with E-state index in [2.05, 4.69) is 32.5 Å². The average Bonchev–Trinajstić information content (AvgIpc) is 3.40. The first kappa shape index (κ1) is 25.8. The molecular formula is C27H30N8O2. The van der Waals surface area contributed by atoms with Gasteiger partial charge in [0.1, 0.15) is 0 Å². The average molecular weight is 499 g/mol. The zero-order valence-electron chi connectivity index (χ0n) is 21.0. The SMILES string of the molecule is CC[C@H](CCO)N(C)C(=O)c1ccc(Nc2nccc(-c3cnn(C4(CC#N)CC(C#N)C4)c3)n2)cc1. The number of nitriles is 2. The van der Waals surface area contributed by atoms with Crippen molar-refractivity contribution < 1.29 is 9.90 Å². The lowest BCUT2D eigenvalue weighted by Crippen LogP contribution is -2.46. The summed E-state index contributed by atoms with van der Waals surface area (Å²) in [5, 5.41) is 35.4. The number of aliphatic hydroxyl groups excluding tert-OH is 1. The van der Waals surface area contributed by atoms with Gasteiger partial charge in [-0.3, -0.25) is 9.48 Å². The third-order valence-electron chi connectivity index (χ3n) is 7.05. The van der Waals surface area contributed by atoms with Gasteiger partial charge in [-0.15, -0.1) is 0 Å². The van der Waals surface area contributed by atoms with Crippen LogP contribution in [-0.4, -0.2) is 55.4 Å². The molecule has 10 heteroatoms. The quantitative estimate of drug-likeness (QED) is 0.429. The van der Waals surface area contributed by atoms with Gasteiger partial charge < -0.3 is 15.3 Å². The number of aromatic nitrogens is 4. The molecule has 0 bridgehead atoms. The Balaban J connectivity index is 1.45. The minimum atomic E-state index is -0.440. The van der Waals surface area contributed by atoms with Gasteiger partial charge in [0.25, 0.3) is 5.91 Å². The molecule has 1 saturated carbocycles. The Kier molecular flexibility index (Phi) is 7.80. The molecule has 1 aliphatic carbocycles. The first-order valence-corrected chi connectivity index (χ1v) is 12.3. The molecule has 10 nitrogen and oxygen atoms in total. The smallest absolute Gasteiger partial charge is 0.253 e. The van der Waals surface area contributed by atoms with Crippen LogP contribution in [0.4, 0.5) is 11.6 Å². The van der Waals surface area contributed by atoms with Crippen LogP contribution in [0.25, 0.3) is 11.3 Å². The molecule has 190 valence electrons. The van der Waals surface area contributed by atoms with E-state index in [1.807, 2.05) is 13.1 Å². The third kappa shape index (κ3) is 5.45. The molecule has 1 fully saturated rings. The maximum Gasteiger partial charge on any atom is 0.253 e. The number of amides is 1. The molecule has 0 spiro atoms. The minimum Gasteiger partial charge on any atom is -0.396 e. The third-order valence-corrected chi connectivity index (χ3v) is 7.05. The van der Waals surface area contributed by atoms with E-state index in [4.69, 9.17) is 0 Å². The van der Waals surface area contributed by atoms with Crippen LogP contribution in [0.3, 0.4) is 0 Å². The molecule has 1 aromatic carbocycles. The predicted octanol–water partition coefficient (Wildman–Crippen LogP) is 3.86. The molecule has 3 aromatic rings. The maximum atomic E-state index is 12.8. The summed E-state index contributed by atoms with van der Waals surface area (Å²) in [5.74, 6) is 0.255. The standard InChI is InChI=1S/C27H30N8O2/c1-3-23(9-13-36)34(2)25(37)20-4-6-22(7-5-20)32-26-30-12-8-24(33-26)21-17-31-35(18-21)27(10-11-28)14-19(15-27)16-29/h4-8,12,17-19,23,36H,3,9-10,13-15H2,1-2H3,(H,30,32,33)/t19?,23-,27?/m1/s1. The molecule has 1 aliphatic rings. The second-order valence-electron chi connectivity index (χ2n) is 9.43. The monoisotopic (exact) mass is 498 g/mol. The molecule has 2 heterocycles. The first-order chi connectivity index (χ1) is 17.9. The molecule has 37 heavy (non-hydrogen) atoms. The van der Waals surface area contributed by atoms with Gasteiger partial charge in [-0.2, -0.15) is 15.6 Å². The Morgan fingerprint density at radius 2 is 2.05 bits per heavy atom. The summed E-state index contributed by atoms with van der Waals surface area (Å²) < 4.78 is 1.80. The van der Waals surface area contributed by atoms with E-state index < -0.39 is 5.54 Å². The molecule has 1 atom stereocenters. The fraction of sp³-hybridized carbons (Fsp3) is 0.407. The Hall–Kier alpha value is -4.28. The molecule has 0 unspecified atom stereocenters. The predicted molar refractivity (Wildman–Crippen MR) is 137 cm³/mol. The van der Waals surface area contributed by atoms with Gasteiger partial charge in [0, 0.05) is 48.9 Å². The number of hydrogen-bond acceptors (Lipinski definition) is 8. The number of carbonyl (C=O) groups is 1. The molecule has 0 saturated heterocycles. The second kappa shape index (κ2) is 11.2. The lowest BCUT2D eigenvalue weighted by Gasteiger charge is -2.43. The highest BCUT2D eigenvalue weighted by Gasteiger charge is 2.46. The molecule has 1 amide bonds. The highest BCUT2D eigenvalue weighted by atomic mass is 16.3. The summed E-state index contributed by atoms with van der Waals surface area (Å²) in [6.07, 6.45) is 8.09. The van der Waals surface area contributed by atoms with Gasteiger partial charge in [-0.05, 0) is 56.0 Å². The van der Waals surface area contributed by atoms with Crippen LogP contribution in [0.15, 0.2) is 48.9 Å². The summed E-state index contributed by atoms with van der Waals surface area (Å²) in [7, 11) is 1.76. The van der Waals surface area contributed by atoms with E-state index in [0.717, 1.165) is 17.7 Å². The molecule has 2 N–H and O–H groups in total.